The number of alkyl halides is 3. The molecule has 0 unspecified atom stereocenters. The van der Waals surface area contributed by atoms with E-state index >= 15 is 0 Å². The molecule has 2 fully saturated rings. The minimum absolute atomic E-state index is 0.0949. The van der Waals surface area contributed by atoms with Gasteiger partial charge in [0.2, 0.25) is 5.91 Å². The van der Waals surface area contributed by atoms with E-state index in [2.05, 4.69) is 4.90 Å². The van der Waals surface area contributed by atoms with Gasteiger partial charge in [-0.2, -0.15) is 13.2 Å². The molecular formula is C20H27F3N2O. The Balaban J connectivity index is 1.58. The molecule has 2 aliphatic heterocycles. The van der Waals surface area contributed by atoms with Gasteiger partial charge in [-0.3, -0.25) is 4.79 Å². The maximum Gasteiger partial charge on any atom is 0.393 e. The summed E-state index contributed by atoms with van der Waals surface area (Å²) in [6.45, 7) is 4.00. The van der Waals surface area contributed by atoms with E-state index in [1.807, 2.05) is 4.90 Å². The van der Waals surface area contributed by atoms with Crippen molar-refractivity contribution < 1.29 is 18.0 Å². The molecule has 0 saturated carbocycles. The van der Waals surface area contributed by atoms with Crippen molar-refractivity contribution in [3.63, 3.8) is 0 Å². The van der Waals surface area contributed by atoms with Crippen LogP contribution in [0.15, 0.2) is 24.3 Å². The zero-order valence-electron chi connectivity index (χ0n) is 15.1. The molecule has 3 rings (SSSR count). The molecule has 6 heteroatoms. The topological polar surface area (TPSA) is 23.6 Å². The highest BCUT2D eigenvalue weighted by Gasteiger charge is 2.29. The van der Waals surface area contributed by atoms with Gasteiger partial charge in [-0.1, -0.05) is 24.3 Å². The Bertz CT molecular complexity index is 594. The minimum Gasteiger partial charge on any atom is -0.338 e. The Labute approximate surface area is 153 Å². The fourth-order valence-corrected chi connectivity index (χ4v) is 4.06. The molecule has 1 aromatic rings. The van der Waals surface area contributed by atoms with E-state index in [-0.39, 0.29) is 23.9 Å². The smallest absolute Gasteiger partial charge is 0.338 e. The van der Waals surface area contributed by atoms with Crippen molar-refractivity contribution in [3.8, 4) is 0 Å². The maximum absolute atomic E-state index is 12.8. The van der Waals surface area contributed by atoms with Crippen molar-refractivity contribution in [1.82, 2.24) is 9.80 Å². The number of benzene rings is 1. The van der Waals surface area contributed by atoms with Gasteiger partial charge in [-0.05, 0) is 56.3 Å². The first-order valence-corrected chi connectivity index (χ1v) is 9.57. The third-order valence-electron chi connectivity index (χ3n) is 5.40. The second-order valence-corrected chi connectivity index (χ2v) is 7.53. The molecule has 2 saturated heterocycles. The largest absolute Gasteiger partial charge is 0.393 e. The maximum atomic E-state index is 12.8. The zero-order chi connectivity index (χ0) is 18.6. The summed E-state index contributed by atoms with van der Waals surface area (Å²) in [5.41, 5.74) is 1.02. The molecule has 1 aromatic carbocycles. The zero-order valence-corrected chi connectivity index (χ0v) is 15.1. The first-order chi connectivity index (χ1) is 12.4. The summed E-state index contributed by atoms with van der Waals surface area (Å²) < 4.78 is 37.3. The van der Waals surface area contributed by atoms with Crippen LogP contribution in [0.5, 0.6) is 0 Å². The number of amides is 1. The molecule has 3 nitrogen and oxygen atoms in total. The van der Waals surface area contributed by atoms with Gasteiger partial charge in [-0.25, -0.2) is 0 Å². The number of carbonyl (C=O) groups excluding carboxylic acids is 1. The van der Waals surface area contributed by atoms with E-state index in [9.17, 15) is 18.0 Å². The lowest BCUT2D eigenvalue weighted by atomic mass is 9.99. The highest BCUT2D eigenvalue weighted by atomic mass is 19.4. The predicted octanol–water partition coefficient (Wildman–Crippen LogP) is 3.81. The summed E-state index contributed by atoms with van der Waals surface area (Å²) in [5, 5.41) is 0. The fourth-order valence-electron chi connectivity index (χ4n) is 4.06. The number of halogens is 3. The number of hydrogen-bond donors (Lipinski definition) is 0. The molecular weight excluding hydrogens is 341 g/mol. The van der Waals surface area contributed by atoms with Crippen LogP contribution < -0.4 is 0 Å². The van der Waals surface area contributed by atoms with Crippen molar-refractivity contribution in [2.24, 2.45) is 0 Å². The summed E-state index contributed by atoms with van der Waals surface area (Å²) >= 11 is 0. The third-order valence-corrected chi connectivity index (χ3v) is 5.40. The summed E-state index contributed by atoms with van der Waals surface area (Å²) in [6.07, 6.45) is 0.867. The molecule has 0 spiro atoms. The number of carbonyl (C=O) groups is 1. The van der Waals surface area contributed by atoms with Crippen molar-refractivity contribution in [2.75, 3.05) is 26.2 Å². The predicted molar refractivity (Wildman–Crippen MR) is 94.9 cm³/mol. The fraction of sp³-hybridized carbons (Fsp3) is 0.650. The van der Waals surface area contributed by atoms with Crippen LogP contribution in [0.3, 0.4) is 0 Å². The number of nitrogens with zero attached hydrogens (tertiary/aromatic N) is 2. The molecule has 2 aliphatic rings. The monoisotopic (exact) mass is 368 g/mol. The van der Waals surface area contributed by atoms with E-state index in [1.54, 1.807) is 12.1 Å². The summed E-state index contributed by atoms with van der Waals surface area (Å²) in [6, 6.07) is 6.54. The van der Waals surface area contributed by atoms with Gasteiger partial charge >= 0.3 is 6.18 Å². The first-order valence-electron chi connectivity index (χ1n) is 9.57. The molecule has 1 amide bonds. The van der Waals surface area contributed by atoms with Gasteiger partial charge in [0.05, 0.1) is 12.8 Å². The van der Waals surface area contributed by atoms with Crippen molar-refractivity contribution in [3.05, 3.63) is 35.4 Å². The Hall–Kier alpha value is -1.56. The molecule has 144 valence electrons. The Morgan fingerprint density at radius 1 is 0.962 bits per heavy atom. The van der Waals surface area contributed by atoms with Gasteiger partial charge in [0.1, 0.15) is 0 Å². The molecule has 1 atom stereocenters. The summed E-state index contributed by atoms with van der Waals surface area (Å²) in [4.78, 5) is 17.2. The van der Waals surface area contributed by atoms with E-state index in [0.717, 1.165) is 51.0 Å². The number of piperidine rings is 1. The SMILES string of the molecule is O=C(Cc1ccc(CC(F)(F)F)cc1)N1CCCC[C@H]1CN1CCCC1. The van der Waals surface area contributed by atoms with Crippen LogP contribution in [0.1, 0.15) is 43.2 Å². The Kier molecular flexibility index (Phi) is 6.22. The van der Waals surface area contributed by atoms with Crippen LogP contribution in [0.25, 0.3) is 0 Å². The highest BCUT2D eigenvalue weighted by Crippen LogP contribution is 2.23. The number of hydrogen-bond acceptors (Lipinski definition) is 2. The van der Waals surface area contributed by atoms with E-state index in [0.29, 0.717) is 0 Å². The average molecular weight is 368 g/mol. The van der Waals surface area contributed by atoms with Crippen LogP contribution in [0, 0.1) is 0 Å². The highest BCUT2D eigenvalue weighted by molar-refractivity contribution is 5.79. The van der Waals surface area contributed by atoms with Crippen molar-refractivity contribution >= 4 is 5.91 Å². The Morgan fingerprint density at radius 2 is 1.58 bits per heavy atom. The lowest BCUT2D eigenvalue weighted by molar-refractivity contribution is -0.134. The summed E-state index contributed by atoms with van der Waals surface area (Å²) in [7, 11) is 0. The van der Waals surface area contributed by atoms with Crippen molar-refractivity contribution in [1.29, 1.82) is 0 Å². The molecule has 0 aromatic heterocycles. The van der Waals surface area contributed by atoms with Gasteiger partial charge in [0.25, 0.3) is 0 Å². The molecule has 0 radical (unpaired) electrons. The van der Waals surface area contributed by atoms with Crippen molar-refractivity contribution in [2.45, 2.75) is 57.2 Å². The van der Waals surface area contributed by atoms with Crippen LogP contribution in [-0.4, -0.2) is 54.1 Å². The number of likely N-dealkylation sites (tertiary alicyclic amines) is 2. The lowest BCUT2D eigenvalue weighted by Crippen LogP contribution is -2.49. The molecule has 2 heterocycles. The molecule has 26 heavy (non-hydrogen) atoms. The number of rotatable bonds is 5. The van der Waals surface area contributed by atoms with E-state index in [1.165, 1.54) is 25.0 Å². The third kappa shape index (κ3) is 5.47. The average Bonchev–Trinajstić information content (AvgIpc) is 3.09. The molecule has 0 N–H and O–H groups in total. The lowest BCUT2D eigenvalue weighted by Gasteiger charge is -2.38. The minimum atomic E-state index is -4.20. The summed E-state index contributed by atoms with van der Waals surface area (Å²) in [5.74, 6) is 0.0949. The molecule has 0 aliphatic carbocycles. The second-order valence-electron chi connectivity index (χ2n) is 7.53. The quantitative estimate of drug-likeness (QED) is 0.789. The van der Waals surface area contributed by atoms with Crippen LogP contribution in [0.2, 0.25) is 0 Å². The second kappa shape index (κ2) is 8.42. The van der Waals surface area contributed by atoms with Crippen LogP contribution >= 0.6 is 0 Å². The standard InChI is InChI=1S/C20H27F3N2O/c21-20(22,23)14-17-8-6-16(7-9-17)13-19(26)25-12-2-1-5-18(25)15-24-10-3-4-11-24/h6-9,18H,1-5,10-15H2/t18-/m0/s1. The first kappa shape index (κ1) is 19.2. The Morgan fingerprint density at radius 3 is 2.23 bits per heavy atom. The normalized spacial score (nSPS) is 22.0. The van der Waals surface area contributed by atoms with Gasteiger partial charge in [-0.15, -0.1) is 0 Å². The van der Waals surface area contributed by atoms with Gasteiger partial charge in [0, 0.05) is 19.1 Å². The molecule has 0 bridgehead atoms. The van der Waals surface area contributed by atoms with E-state index < -0.39 is 12.6 Å². The van der Waals surface area contributed by atoms with Crippen LogP contribution in [-0.2, 0) is 17.6 Å². The van der Waals surface area contributed by atoms with Gasteiger partial charge < -0.3 is 9.80 Å². The van der Waals surface area contributed by atoms with Gasteiger partial charge in [0.15, 0.2) is 0 Å². The van der Waals surface area contributed by atoms with E-state index in [4.69, 9.17) is 0 Å². The van der Waals surface area contributed by atoms with Crippen LogP contribution in [0.4, 0.5) is 13.2 Å².